The molecule has 1 fully saturated rings. The number of hydrogen-bond acceptors (Lipinski definition) is 4. The van der Waals surface area contributed by atoms with E-state index in [1.54, 1.807) is 17.0 Å². The standard InChI is InChI=1S/C13H21N3OS/c1-9(2)16-7-6-14-12(13(16)17)15-10-4-5-11(8-10)18-3/h6-7,9-11H,4-5,8H2,1-3H3,(H,14,15). The van der Waals surface area contributed by atoms with Gasteiger partial charge in [-0.15, -0.1) is 0 Å². The number of anilines is 1. The number of hydrogen-bond donors (Lipinski definition) is 1. The Kier molecular flexibility index (Phi) is 4.32. The summed E-state index contributed by atoms with van der Waals surface area (Å²) in [6, 6.07) is 0.564. The molecule has 4 nitrogen and oxygen atoms in total. The molecule has 0 radical (unpaired) electrons. The number of thioether (sulfide) groups is 1. The summed E-state index contributed by atoms with van der Waals surface area (Å²) in [6.45, 7) is 4.01. The van der Waals surface area contributed by atoms with Crippen molar-refractivity contribution in [3.63, 3.8) is 0 Å². The summed E-state index contributed by atoms with van der Waals surface area (Å²) in [6.07, 6.45) is 9.08. The van der Waals surface area contributed by atoms with Gasteiger partial charge in [-0.1, -0.05) is 0 Å². The Bertz CT molecular complexity index is 458. The highest BCUT2D eigenvalue weighted by Crippen LogP contribution is 2.29. The molecular weight excluding hydrogens is 246 g/mol. The van der Waals surface area contributed by atoms with Gasteiger partial charge in [-0.2, -0.15) is 11.8 Å². The second-order valence-corrected chi connectivity index (χ2v) is 6.23. The van der Waals surface area contributed by atoms with Crippen LogP contribution in [-0.4, -0.2) is 27.1 Å². The quantitative estimate of drug-likeness (QED) is 0.910. The second kappa shape index (κ2) is 5.78. The Labute approximate surface area is 112 Å². The number of rotatable bonds is 4. The third-order valence-electron chi connectivity index (χ3n) is 3.48. The highest BCUT2D eigenvalue weighted by molar-refractivity contribution is 7.99. The fraction of sp³-hybridized carbons (Fsp3) is 0.692. The minimum atomic E-state index is -0.0138. The molecule has 1 aliphatic rings. The highest BCUT2D eigenvalue weighted by Gasteiger charge is 2.24. The van der Waals surface area contributed by atoms with Gasteiger partial charge in [0, 0.05) is 29.7 Å². The van der Waals surface area contributed by atoms with Crippen molar-refractivity contribution in [1.82, 2.24) is 9.55 Å². The molecule has 1 aromatic heterocycles. The Hall–Kier alpha value is -0.970. The van der Waals surface area contributed by atoms with Crippen LogP contribution in [0.5, 0.6) is 0 Å². The van der Waals surface area contributed by atoms with Gasteiger partial charge in [0.1, 0.15) is 0 Å². The Morgan fingerprint density at radius 2 is 2.28 bits per heavy atom. The van der Waals surface area contributed by atoms with E-state index in [9.17, 15) is 4.79 Å². The van der Waals surface area contributed by atoms with Crippen LogP contribution in [0.15, 0.2) is 17.2 Å². The Balaban J connectivity index is 2.11. The summed E-state index contributed by atoms with van der Waals surface area (Å²) >= 11 is 1.92. The van der Waals surface area contributed by atoms with E-state index >= 15 is 0 Å². The Morgan fingerprint density at radius 3 is 2.89 bits per heavy atom. The van der Waals surface area contributed by atoms with Crippen LogP contribution in [-0.2, 0) is 0 Å². The zero-order valence-corrected chi connectivity index (χ0v) is 12.0. The minimum absolute atomic E-state index is 0.0138. The lowest BCUT2D eigenvalue weighted by Crippen LogP contribution is -2.29. The summed E-state index contributed by atoms with van der Waals surface area (Å²) in [4.78, 5) is 16.4. The molecule has 1 saturated carbocycles. The van der Waals surface area contributed by atoms with E-state index in [0.717, 1.165) is 18.1 Å². The average Bonchev–Trinajstić information content (AvgIpc) is 2.79. The zero-order chi connectivity index (χ0) is 13.1. The van der Waals surface area contributed by atoms with Gasteiger partial charge in [0.15, 0.2) is 5.82 Å². The van der Waals surface area contributed by atoms with Gasteiger partial charge < -0.3 is 9.88 Å². The zero-order valence-electron chi connectivity index (χ0n) is 11.2. The van der Waals surface area contributed by atoms with Crippen LogP contribution in [0.2, 0.25) is 0 Å². The van der Waals surface area contributed by atoms with Gasteiger partial charge in [0.05, 0.1) is 0 Å². The van der Waals surface area contributed by atoms with Gasteiger partial charge in [-0.05, 0) is 39.4 Å². The molecule has 1 heterocycles. The molecule has 100 valence electrons. The molecule has 0 aliphatic heterocycles. The van der Waals surface area contributed by atoms with Crippen molar-refractivity contribution in [2.24, 2.45) is 0 Å². The van der Waals surface area contributed by atoms with E-state index in [4.69, 9.17) is 0 Å². The lowest BCUT2D eigenvalue weighted by Gasteiger charge is -2.15. The smallest absolute Gasteiger partial charge is 0.293 e. The third-order valence-corrected chi connectivity index (χ3v) is 4.58. The largest absolute Gasteiger partial charge is 0.363 e. The molecule has 0 aromatic carbocycles. The molecule has 2 atom stereocenters. The fourth-order valence-electron chi connectivity index (χ4n) is 2.41. The molecule has 1 aliphatic carbocycles. The molecule has 1 N–H and O–H groups in total. The number of nitrogens with zero attached hydrogens (tertiary/aromatic N) is 2. The van der Waals surface area contributed by atoms with Gasteiger partial charge in [-0.3, -0.25) is 4.79 Å². The van der Waals surface area contributed by atoms with Gasteiger partial charge in [0.25, 0.3) is 5.56 Å². The topological polar surface area (TPSA) is 46.9 Å². The maximum atomic E-state index is 12.2. The van der Waals surface area contributed by atoms with Crippen LogP contribution in [0, 0.1) is 0 Å². The Morgan fingerprint density at radius 1 is 1.50 bits per heavy atom. The molecule has 2 unspecified atom stereocenters. The van der Waals surface area contributed by atoms with Crippen molar-refractivity contribution in [3.8, 4) is 0 Å². The van der Waals surface area contributed by atoms with E-state index in [0.29, 0.717) is 11.9 Å². The highest BCUT2D eigenvalue weighted by atomic mass is 32.2. The van der Waals surface area contributed by atoms with Crippen LogP contribution >= 0.6 is 11.8 Å². The van der Waals surface area contributed by atoms with E-state index in [1.807, 2.05) is 25.6 Å². The molecule has 0 amide bonds. The minimum Gasteiger partial charge on any atom is -0.363 e. The van der Waals surface area contributed by atoms with Crippen LogP contribution in [0.1, 0.15) is 39.2 Å². The molecule has 1 aromatic rings. The van der Waals surface area contributed by atoms with E-state index in [-0.39, 0.29) is 11.6 Å². The predicted molar refractivity (Wildman–Crippen MR) is 77.4 cm³/mol. The van der Waals surface area contributed by atoms with E-state index in [1.165, 1.54) is 6.42 Å². The first-order chi connectivity index (χ1) is 8.61. The van der Waals surface area contributed by atoms with Gasteiger partial charge in [-0.25, -0.2) is 4.98 Å². The lowest BCUT2D eigenvalue weighted by molar-refractivity contribution is 0.573. The van der Waals surface area contributed by atoms with Crippen molar-refractivity contribution >= 4 is 17.6 Å². The molecule has 0 bridgehead atoms. The summed E-state index contributed by atoms with van der Waals surface area (Å²) < 4.78 is 1.72. The maximum Gasteiger partial charge on any atom is 0.293 e. The average molecular weight is 267 g/mol. The van der Waals surface area contributed by atoms with Crippen molar-refractivity contribution in [2.45, 2.75) is 50.4 Å². The fourth-order valence-corrected chi connectivity index (χ4v) is 3.21. The van der Waals surface area contributed by atoms with E-state index < -0.39 is 0 Å². The van der Waals surface area contributed by atoms with Crippen molar-refractivity contribution in [2.75, 3.05) is 11.6 Å². The third kappa shape index (κ3) is 2.88. The first-order valence-corrected chi connectivity index (χ1v) is 7.77. The van der Waals surface area contributed by atoms with Gasteiger partial charge >= 0.3 is 0 Å². The number of aromatic nitrogens is 2. The summed E-state index contributed by atoms with van der Waals surface area (Å²) in [5, 5.41) is 4.03. The lowest BCUT2D eigenvalue weighted by atomic mass is 10.2. The van der Waals surface area contributed by atoms with Crippen LogP contribution in [0.3, 0.4) is 0 Å². The SMILES string of the molecule is CSC1CCC(Nc2nccn(C(C)C)c2=O)C1. The molecule has 2 rings (SSSR count). The van der Waals surface area contributed by atoms with Crippen LogP contribution in [0.4, 0.5) is 5.82 Å². The number of nitrogens with one attached hydrogen (secondary N) is 1. The monoisotopic (exact) mass is 267 g/mol. The van der Waals surface area contributed by atoms with E-state index in [2.05, 4.69) is 16.6 Å². The molecule has 18 heavy (non-hydrogen) atoms. The first-order valence-electron chi connectivity index (χ1n) is 6.48. The second-order valence-electron chi connectivity index (χ2n) is 5.09. The summed E-state index contributed by atoms with van der Waals surface area (Å²) in [5.74, 6) is 0.498. The maximum absolute atomic E-state index is 12.2. The predicted octanol–water partition coefficient (Wildman–Crippen LogP) is 2.52. The van der Waals surface area contributed by atoms with Crippen molar-refractivity contribution in [1.29, 1.82) is 0 Å². The summed E-state index contributed by atoms with van der Waals surface area (Å²) in [5.41, 5.74) is -0.0138. The normalized spacial score (nSPS) is 23.6. The molecule has 0 saturated heterocycles. The molecular formula is C13H21N3OS. The van der Waals surface area contributed by atoms with Gasteiger partial charge in [0.2, 0.25) is 0 Å². The van der Waals surface area contributed by atoms with Crippen LogP contribution in [0.25, 0.3) is 0 Å². The van der Waals surface area contributed by atoms with Crippen LogP contribution < -0.4 is 10.9 Å². The first kappa shape index (κ1) is 13.5. The van der Waals surface area contributed by atoms with Crippen molar-refractivity contribution < 1.29 is 0 Å². The van der Waals surface area contributed by atoms with Crippen molar-refractivity contribution in [3.05, 3.63) is 22.7 Å². The summed E-state index contributed by atoms with van der Waals surface area (Å²) in [7, 11) is 0. The molecule has 0 spiro atoms. The molecule has 5 heteroatoms.